The zero-order valence-corrected chi connectivity index (χ0v) is 12.4. The van der Waals surface area contributed by atoms with Crippen LogP contribution in [0.15, 0.2) is 48.5 Å². The molecule has 0 spiro atoms. The van der Waals surface area contributed by atoms with E-state index in [0.29, 0.717) is 0 Å². The minimum atomic E-state index is -10.7. The molecule has 2 aromatic carbocycles. The first-order valence-corrected chi connectivity index (χ1v) is 8.30. The Bertz CT molecular complexity index is 645. The fourth-order valence-electron chi connectivity index (χ4n) is 2.31. The summed E-state index contributed by atoms with van der Waals surface area (Å²) in [5.41, 5.74) is 5.49. The average Bonchev–Trinajstić information content (AvgIpc) is 2.35. The van der Waals surface area contributed by atoms with Gasteiger partial charge < -0.3 is 4.90 Å². The number of fused-ring (bicyclic) bond motifs is 2. The van der Waals surface area contributed by atoms with Crippen molar-refractivity contribution in [1.29, 1.82) is 0 Å². The van der Waals surface area contributed by atoms with E-state index < -0.39 is 7.81 Å². The fraction of sp³-hybridized carbons (Fsp3) is 0.143. The Kier molecular flexibility index (Phi) is 3.49. The summed E-state index contributed by atoms with van der Waals surface area (Å²) in [5.74, 6) is 0. The van der Waals surface area contributed by atoms with E-state index in [1.165, 1.54) is 22.5 Å². The molecular weight excluding hydrogens is 327 g/mol. The van der Waals surface area contributed by atoms with Gasteiger partial charge in [-0.3, -0.25) is 0 Å². The molecule has 1 nitrogen and oxygen atoms in total. The van der Waals surface area contributed by atoms with Gasteiger partial charge in [0, 0.05) is 24.8 Å². The topological polar surface area (TPSA) is 3.24 Å². The van der Waals surface area contributed by atoms with Crippen LogP contribution in [0.2, 0.25) is 0 Å². The number of hydrogen-bond donors (Lipinski definition) is 0. The van der Waals surface area contributed by atoms with Crippen LogP contribution in [0.5, 0.6) is 0 Å². The van der Waals surface area contributed by atoms with Gasteiger partial charge >= 0.3 is 34.4 Å². The molecular formula is C14H14F6NP. The first-order chi connectivity index (χ1) is 9.81. The van der Waals surface area contributed by atoms with E-state index in [1.54, 1.807) is 0 Å². The standard InChI is InChI=1S/C14H13N.F6P/c1-15-13-8-4-2-6-11(13)10-12-7-3-5-9-14(12)15;1-7(2,3,4,5)6/h2-9H,10H2,1H3;/q;-1/p+1. The van der Waals surface area contributed by atoms with Gasteiger partial charge in [-0.2, -0.15) is 0 Å². The van der Waals surface area contributed by atoms with Crippen molar-refractivity contribution in [3.05, 3.63) is 59.7 Å². The van der Waals surface area contributed by atoms with E-state index in [-0.39, 0.29) is 1.43 Å². The maximum absolute atomic E-state index is 10.7. The van der Waals surface area contributed by atoms with E-state index in [0.717, 1.165) is 6.42 Å². The molecule has 0 amide bonds. The summed E-state index contributed by atoms with van der Waals surface area (Å²) >= 11 is 0. The molecule has 122 valence electrons. The van der Waals surface area contributed by atoms with E-state index >= 15 is 0 Å². The first-order valence-electron chi connectivity index (χ1n) is 6.27. The summed E-state index contributed by atoms with van der Waals surface area (Å²) in [7, 11) is -8.52. The Morgan fingerprint density at radius 3 is 1.45 bits per heavy atom. The molecule has 0 bridgehead atoms. The fourth-order valence-corrected chi connectivity index (χ4v) is 2.31. The van der Waals surface area contributed by atoms with Gasteiger partial charge in [0.1, 0.15) is 0 Å². The summed E-state index contributed by atoms with van der Waals surface area (Å²) in [6.07, 6.45) is 1.05. The second kappa shape index (κ2) is 4.62. The molecule has 0 aromatic heterocycles. The van der Waals surface area contributed by atoms with E-state index in [9.17, 15) is 25.2 Å². The molecule has 1 aliphatic heterocycles. The van der Waals surface area contributed by atoms with Gasteiger partial charge in [-0.1, -0.05) is 36.4 Å². The molecule has 3 rings (SSSR count). The molecule has 0 unspecified atom stereocenters. The van der Waals surface area contributed by atoms with Gasteiger partial charge in [0.25, 0.3) is 0 Å². The quantitative estimate of drug-likeness (QED) is 0.374. The van der Waals surface area contributed by atoms with E-state index in [4.69, 9.17) is 0 Å². The van der Waals surface area contributed by atoms with E-state index in [1.807, 2.05) is 0 Å². The van der Waals surface area contributed by atoms with Gasteiger partial charge in [-0.15, -0.1) is 0 Å². The third-order valence-corrected chi connectivity index (χ3v) is 3.09. The van der Waals surface area contributed by atoms with Crippen molar-refractivity contribution in [1.82, 2.24) is 0 Å². The molecule has 8 heteroatoms. The molecule has 0 aliphatic carbocycles. The largest absolute Gasteiger partial charge is 1.00 e. The Labute approximate surface area is 124 Å². The van der Waals surface area contributed by atoms with Crippen molar-refractivity contribution in [2.45, 2.75) is 6.42 Å². The monoisotopic (exact) mass is 341 g/mol. The average molecular weight is 341 g/mol. The summed E-state index contributed by atoms with van der Waals surface area (Å²) in [4.78, 5) is 2.27. The van der Waals surface area contributed by atoms with Crippen molar-refractivity contribution in [2.24, 2.45) is 0 Å². The van der Waals surface area contributed by atoms with Crippen LogP contribution in [-0.2, 0) is 6.42 Å². The number of nitrogens with zero attached hydrogens (tertiary/aromatic N) is 1. The maximum Gasteiger partial charge on any atom is 1.00 e. The number of para-hydroxylation sites is 2. The normalized spacial score (nSPS) is 16.4. The second-order valence-electron chi connectivity index (χ2n) is 4.95. The minimum Gasteiger partial charge on any atom is 1.00 e. The third kappa shape index (κ3) is 5.22. The van der Waals surface area contributed by atoms with Gasteiger partial charge in [0.2, 0.25) is 0 Å². The summed E-state index contributed by atoms with van der Waals surface area (Å²) in [6, 6.07) is 17.2. The van der Waals surface area contributed by atoms with Crippen molar-refractivity contribution in [3.8, 4) is 0 Å². The summed E-state index contributed by atoms with van der Waals surface area (Å²) in [5, 5.41) is 0. The molecule has 0 atom stereocenters. The first kappa shape index (κ1) is 16.6. The minimum absolute atomic E-state index is 0. The predicted octanol–water partition coefficient (Wildman–Crippen LogP) is 6.85. The van der Waals surface area contributed by atoms with Crippen molar-refractivity contribution in [2.75, 3.05) is 11.9 Å². The van der Waals surface area contributed by atoms with Crippen LogP contribution in [0.25, 0.3) is 0 Å². The van der Waals surface area contributed by atoms with Gasteiger partial charge in [0.05, 0.1) is 0 Å². The Balaban J connectivity index is 0.000000287. The van der Waals surface area contributed by atoms with Crippen LogP contribution in [0.1, 0.15) is 12.6 Å². The zero-order chi connectivity index (χ0) is 16.7. The van der Waals surface area contributed by atoms with Crippen LogP contribution < -0.4 is 4.90 Å². The van der Waals surface area contributed by atoms with Crippen LogP contribution in [-0.4, -0.2) is 7.05 Å². The summed E-state index contributed by atoms with van der Waals surface area (Å²) < 4.78 is 59.2. The predicted molar refractivity (Wildman–Crippen MR) is 78.4 cm³/mol. The molecule has 0 radical (unpaired) electrons. The van der Waals surface area contributed by atoms with E-state index in [2.05, 4.69) is 60.5 Å². The van der Waals surface area contributed by atoms with Crippen LogP contribution in [0.4, 0.5) is 36.6 Å². The van der Waals surface area contributed by atoms with Crippen LogP contribution in [0.3, 0.4) is 0 Å². The Morgan fingerprint density at radius 2 is 1.09 bits per heavy atom. The molecule has 0 saturated heterocycles. The van der Waals surface area contributed by atoms with Crippen LogP contribution in [0, 0.1) is 0 Å². The molecule has 0 N–H and O–H groups in total. The van der Waals surface area contributed by atoms with Crippen molar-refractivity contribution in [3.63, 3.8) is 0 Å². The zero-order valence-electron chi connectivity index (χ0n) is 12.5. The molecule has 0 saturated carbocycles. The van der Waals surface area contributed by atoms with Gasteiger partial charge in [0.15, 0.2) is 0 Å². The number of rotatable bonds is 0. The summed E-state index contributed by atoms with van der Waals surface area (Å²) in [6.45, 7) is 0. The molecule has 22 heavy (non-hydrogen) atoms. The molecule has 0 fully saturated rings. The molecule has 1 aliphatic rings. The molecule has 2 aromatic rings. The number of hydrogen-bond acceptors (Lipinski definition) is 1. The Hall–Kier alpha value is -1.75. The second-order valence-corrected chi connectivity index (χ2v) is 6.87. The number of benzene rings is 2. The molecule has 1 heterocycles. The third-order valence-electron chi connectivity index (χ3n) is 3.09. The van der Waals surface area contributed by atoms with Gasteiger partial charge in [-0.25, -0.2) is 0 Å². The van der Waals surface area contributed by atoms with Crippen molar-refractivity contribution < 1.29 is 26.6 Å². The van der Waals surface area contributed by atoms with Crippen molar-refractivity contribution >= 4 is 19.2 Å². The van der Waals surface area contributed by atoms with Gasteiger partial charge in [-0.05, 0) is 23.3 Å². The Morgan fingerprint density at radius 1 is 0.773 bits per heavy atom. The maximum atomic E-state index is 9.87. The van der Waals surface area contributed by atoms with Crippen LogP contribution >= 0.6 is 7.81 Å². The number of halogens is 6. The SMILES string of the molecule is CN1c2ccccc2Cc2ccccc21.F[P-](F)(F)(F)(F)F.[H+]. The smallest absolute Gasteiger partial charge is 1.00 e. The number of anilines is 2.